The van der Waals surface area contributed by atoms with E-state index in [1.54, 1.807) is 36.4 Å². The first kappa shape index (κ1) is 29.4. The number of hydrogen-bond donors (Lipinski definition) is 1. The molecule has 40 heavy (non-hydrogen) atoms. The van der Waals surface area contributed by atoms with Crippen molar-refractivity contribution in [1.82, 2.24) is 19.7 Å². The molecule has 0 saturated carbocycles. The first-order valence-electron chi connectivity index (χ1n) is 11.7. The predicted molar refractivity (Wildman–Crippen MR) is 150 cm³/mol. The van der Waals surface area contributed by atoms with Crippen LogP contribution >= 0.6 is 35.0 Å². The average Bonchev–Trinajstić information content (AvgIpc) is 3.32. The molecule has 0 fully saturated rings. The van der Waals surface area contributed by atoms with Crippen molar-refractivity contribution in [3.05, 3.63) is 87.9 Å². The SMILES string of the molecule is Cc1ccc(NC(=O)CN(C)C(=O)CSc2nnc(-c3cccc(Cl)c3)n2-c2ccc(Cl)c(C(F)(F)F)c2)cc1. The molecular formula is C27H22Cl2F3N5O2S. The highest BCUT2D eigenvalue weighted by molar-refractivity contribution is 7.99. The number of nitrogens with zero attached hydrogens (tertiary/aromatic N) is 4. The van der Waals surface area contributed by atoms with Crippen LogP contribution in [-0.4, -0.2) is 50.8 Å². The third-order valence-corrected chi connectivity index (χ3v) is 7.17. The number of nitrogens with one attached hydrogen (secondary N) is 1. The molecule has 3 aromatic carbocycles. The zero-order valence-corrected chi connectivity index (χ0v) is 23.5. The van der Waals surface area contributed by atoms with Crippen molar-refractivity contribution in [3.8, 4) is 17.1 Å². The fourth-order valence-corrected chi connectivity index (χ4v) is 4.97. The number of benzene rings is 3. The summed E-state index contributed by atoms with van der Waals surface area (Å²) in [5.74, 6) is -0.701. The van der Waals surface area contributed by atoms with Gasteiger partial charge in [0.25, 0.3) is 0 Å². The second kappa shape index (κ2) is 12.3. The molecule has 4 rings (SSSR count). The normalized spacial score (nSPS) is 11.4. The van der Waals surface area contributed by atoms with E-state index >= 15 is 0 Å². The summed E-state index contributed by atoms with van der Waals surface area (Å²) in [5.41, 5.74) is 1.23. The standard InChI is InChI=1S/C27H22Cl2F3N5O2S/c1-16-6-8-19(9-7-16)33-23(38)14-36(2)24(39)15-40-26-35-34-25(17-4-3-5-18(28)12-17)37(26)20-10-11-22(29)21(13-20)27(30,31)32/h3-13H,14-15H2,1-2H3,(H,33,38). The molecule has 7 nitrogen and oxygen atoms in total. The van der Waals surface area contributed by atoms with Gasteiger partial charge >= 0.3 is 6.18 Å². The lowest BCUT2D eigenvalue weighted by molar-refractivity contribution is -0.137. The smallest absolute Gasteiger partial charge is 0.336 e. The maximum atomic E-state index is 13.6. The topological polar surface area (TPSA) is 80.1 Å². The van der Waals surface area contributed by atoms with Gasteiger partial charge in [-0.2, -0.15) is 13.2 Å². The van der Waals surface area contributed by atoms with Gasteiger partial charge in [-0.05, 0) is 49.4 Å². The second-order valence-electron chi connectivity index (χ2n) is 8.77. The zero-order valence-electron chi connectivity index (χ0n) is 21.2. The molecule has 0 saturated heterocycles. The maximum Gasteiger partial charge on any atom is 0.417 e. The third-order valence-electron chi connectivity index (χ3n) is 5.70. The molecule has 0 aliphatic rings. The van der Waals surface area contributed by atoms with Gasteiger partial charge in [0, 0.05) is 23.3 Å². The van der Waals surface area contributed by atoms with Crippen LogP contribution < -0.4 is 5.32 Å². The molecule has 1 heterocycles. The van der Waals surface area contributed by atoms with E-state index in [1.165, 1.54) is 22.6 Å². The summed E-state index contributed by atoms with van der Waals surface area (Å²) in [6, 6.07) is 17.3. The number of aryl methyl sites for hydroxylation is 1. The minimum atomic E-state index is -4.69. The lowest BCUT2D eigenvalue weighted by Crippen LogP contribution is -2.36. The fourth-order valence-electron chi connectivity index (χ4n) is 3.66. The number of anilines is 1. The highest BCUT2D eigenvalue weighted by Crippen LogP contribution is 2.37. The molecule has 13 heteroatoms. The fraction of sp³-hybridized carbons (Fsp3) is 0.185. The number of thioether (sulfide) groups is 1. The first-order valence-corrected chi connectivity index (χ1v) is 13.5. The molecule has 208 valence electrons. The summed E-state index contributed by atoms with van der Waals surface area (Å²) in [4.78, 5) is 26.5. The molecular weight excluding hydrogens is 586 g/mol. The van der Waals surface area contributed by atoms with Crippen LogP contribution in [0.5, 0.6) is 0 Å². The Kier molecular flexibility index (Phi) is 9.07. The number of likely N-dealkylation sites (N-methyl/N-ethyl adjacent to an activating group) is 1. The number of halogens is 5. The summed E-state index contributed by atoms with van der Waals surface area (Å²) >= 11 is 12.9. The third kappa shape index (κ3) is 7.15. The molecule has 0 atom stereocenters. The Labute approximate surface area is 242 Å². The Bertz CT molecular complexity index is 1540. The van der Waals surface area contributed by atoms with E-state index in [0.717, 1.165) is 29.5 Å². The van der Waals surface area contributed by atoms with Gasteiger partial charge in [0.05, 0.1) is 28.6 Å². The minimum absolute atomic E-state index is 0.0949. The number of alkyl halides is 3. The minimum Gasteiger partial charge on any atom is -0.336 e. The monoisotopic (exact) mass is 607 g/mol. The Balaban J connectivity index is 1.56. The van der Waals surface area contributed by atoms with Crippen LogP contribution in [0.25, 0.3) is 17.1 Å². The van der Waals surface area contributed by atoms with E-state index in [9.17, 15) is 22.8 Å². The molecule has 1 aromatic heterocycles. The van der Waals surface area contributed by atoms with E-state index in [0.29, 0.717) is 16.3 Å². The number of amides is 2. The largest absolute Gasteiger partial charge is 0.417 e. The Morgan fingerprint density at radius 3 is 2.42 bits per heavy atom. The summed E-state index contributed by atoms with van der Waals surface area (Å²) in [6.45, 7) is 1.73. The van der Waals surface area contributed by atoms with Gasteiger partial charge in [-0.3, -0.25) is 14.2 Å². The van der Waals surface area contributed by atoms with Crippen LogP contribution in [0.1, 0.15) is 11.1 Å². The lowest BCUT2D eigenvalue weighted by Gasteiger charge is -2.17. The van der Waals surface area contributed by atoms with Gasteiger partial charge in [0.1, 0.15) is 0 Å². The highest BCUT2D eigenvalue weighted by atomic mass is 35.5. The van der Waals surface area contributed by atoms with E-state index in [-0.39, 0.29) is 34.9 Å². The number of carbonyl (C=O) groups is 2. The molecule has 0 aliphatic carbocycles. The van der Waals surface area contributed by atoms with Crippen molar-refractivity contribution in [3.63, 3.8) is 0 Å². The van der Waals surface area contributed by atoms with Crippen LogP contribution in [0, 0.1) is 6.92 Å². The molecule has 0 aliphatic heterocycles. The van der Waals surface area contributed by atoms with E-state index < -0.39 is 22.7 Å². The van der Waals surface area contributed by atoms with E-state index in [2.05, 4.69) is 15.5 Å². The number of aromatic nitrogens is 3. The Morgan fingerprint density at radius 1 is 1.02 bits per heavy atom. The Hall–Kier alpha value is -3.54. The molecule has 2 amide bonds. The van der Waals surface area contributed by atoms with E-state index in [4.69, 9.17) is 23.2 Å². The van der Waals surface area contributed by atoms with Crippen molar-refractivity contribution < 1.29 is 22.8 Å². The number of rotatable bonds is 8. The average molecular weight is 608 g/mol. The van der Waals surface area contributed by atoms with Gasteiger partial charge in [0.15, 0.2) is 11.0 Å². The van der Waals surface area contributed by atoms with E-state index in [1.807, 2.05) is 19.1 Å². The summed E-state index contributed by atoms with van der Waals surface area (Å²) in [7, 11) is 1.48. The molecule has 0 radical (unpaired) electrons. The van der Waals surface area contributed by atoms with Crippen molar-refractivity contribution >= 4 is 52.5 Å². The van der Waals surface area contributed by atoms with Crippen LogP contribution in [0.3, 0.4) is 0 Å². The quantitative estimate of drug-likeness (QED) is 0.224. The molecule has 0 unspecified atom stereocenters. The van der Waals surface area contributed by atoms with Gasteiger partial charge in [-0.25, -0.2) is 0 Å². The van der Waals surface area contributed by atoms with Gasteiger partial charge in [-0.1, -0.05) is 64.8 Å². The van der Waals surface area contributed by atoms with Crippen LogP contribution in [0.15, 0.2) is 71.9 Å². The zero-order chi connectivity index (χ0) is 29.0. The van der Waals surface area contributed by atoms with Crippen LogP contribution in [0.2, 0.25) is 10.0 Å². The van der Waals surface area contributed by atoms with Crippen molar-refractivity contribution in [2.45, 2.75) is 18.3 Å². The van der Waals surface area contributed by atoms with Gasteiger partial charge in [-0.15, -0.1) is 10.2 Å². The maximum absolute atomic E-state index is 13.6. The first-order chi connectivity index (χ1) is 18.9. The van der Waals surface area contributed by atoms with Gasteiger partial charge in [0.2, 0.25) is 11.8 Å². The van der Waals surface area contributed by atoms with Crippen LogP contribution in [0.4, 0.5) is 18.9 Å². The van der Waals surface area contributed by atoms with Crippen molar-refractivity contribution in [2.24, 2.45) is 0 Å². The lowest BCUT2D eigenvalue weighted by atomic mass is 10.1. The molecule has 4 aromatic rings. The van der Waals surface area contributed by atoms with Crippen LogP contribution in [-0.2, 0) is 15.8 Å². The van der Waals surface area contributed by atoms with Crippen molar-refractivity contribution in [2.75, 3.05) is 24.7 Å². The summed E-state index contributed by atoms with van der Waals surface area (Å²) < 4.78 is 42.3. The predicted octanol–water partition coefficient (Wildman–Crippen LogP) is 6.76. The summed E-state index contributed by atoms with van der Waals surface area (Å²) in [6.07, 6.45) is -4.69. The Morgan fingerprint density at radius 2 is 1.75 bits per heavy atom. The van der Waals surface area contributed by atoms with Crippen molar-refractivity contribution in [1.29, 1.82) is 0 Å². The molecule has 0 spiro atoms. The highest BCUT2D eigenvalue weighted by Gasteiger charge is 2.34. The molecule has 0 bridgehead atoms. The molecule has 1 N–H and O–H groups in total. The second-order valence-corrected chi connectivity index (χ2v) is 10.6. The number of hydrogen-bond acceptors (Lipinski definition) is 5. The van der Waals surface area contributed by atoms with Gasteiger partial charge < -0.3 is 10.2 Å². The summed E-state index contributed by atoms with van der Waals surface area (Å²) in [5, 5.41) is 11.1. The number of carbonyl (C=O) groups excluding carboxylic acids is 2.